The van der Waals surface area contributed by atoms with Gasteiger partial charge in [0, 0.05) is 0 Å². The molecule has 0 fully saturated rings. The van der Waals surface area contributed by atoms with E-state index in [0.29, 0.717) is 0 Å². The zero-order chi connectivity index (χ0) is 19.5. The monoisotopic (exact) mass is 390 g/mol. The molecule has 158 valence electrons. The van der Waals surface area contributed by atoms with E-state index in [-0.39, 0.29) is 5.60 Å². The molecule has 4 heteroatoms. The van der Waals surface area contributed by atoms with Gasteiger partial charge in [-0.05, 0) is 33.6 Å². The maximum atomic E-state index is 5.98. The maximum absolute atomic E-state index is 5.98. The lowest BCUT2D eigenvalue weighted by molar-refractivity contribution is 0.0735. The number of unbranched alkanes of at least 4 members (excludes halogenated alkanes) is 12. The number of rotatable bonds is 19. The number of hydrogen-bond donors (Lipinski definition) is 0. The second kappa shape index (κ2) is 18.7. The van der Waals surface area contributed by atoms with Crippen molar-refractivity contribution in [1.29, 1.82) is 0 Å². The molecule has 0 heterocycles. The van der Waals surface area contributed by atoms with Crippen LogP contribution in [0.4, 0.5) is 0 Å². The molecule has 0 unspecified atom stereocenters. The van der Waals surface area contributed by atoms with Gasteiger partial charge in [-0.1, -0.05) is 90.9 Å². The molecule has 0 aromatic heterocycles. The van der Waals surface area contributed by atoms with E-state index in [1.807, 2.05) is 0 Å². The normalized spacial score (nSPS) is 12.2. The first-order chi connectivity index (χ1) is 12.5. The first-order valence-electron chi connectivity index (χ1n) is 11.2. The molecule has 0 aliphatic carbocycles. The fourth-order valence-corrected chi connectivity index (χ4v) is 3.89. The van der Waals surface area contributed by atoms with Crippen molar-refractivity contribution in [2.24, 2.45) is 0 Å². The van der Waals surface area contributed by atoms with Crippen LogP contribution in [-0.4, -0.2) is 18.8 Å². The van der Waals surface area contributed by atoms with Crippen LogP contribution >= 0.6 is 8.60 Å². The van der Waals surface area contributed by atoms with Gasteiger partial charge in [0.1, 0.15) is 0 Å². The molecule has 26 heavy (non-hydrogen) atoms. The zero-order valence-electron chi connectivity index (χ0n) is 18.5. The third-order valence-corrected chi connectivity index (χ3v) is 5.72. The molecule has 0 aliphatic rings. The molecule has 0 saturated heterocycles. The highest BCUT2D eigenvalue weighted by molar-refractivity contribution is 7.41. The number of hydrogen-bond acceptors (Lipinski definition) is 3. The summed E-state index contributed by atoms with van der Waals surface area (Å²) < 4.78 is 17.8. The van der Waals surface area contributed by atoms with E-state index in [0.717, 1.165) is 26.1 Å². The highest BCUT2D eigenvalue weighted by Gasteiger charge is 2.21. The van der Waals surface area contributed by atoms with E-state index in [4.69, 9.17) is 13.6 Å². The molecule has 0 spiro atoms. The minimum atomic E-state index is -1.21. The fraction of sp³-hybridized carbons (Fsp3) is 1.00. The average Bonchev–Trinajstić information content (AvgIpc) is 2.58. The van der Waals surface area contributed by atoms with Crippen molar-refractivity contribution in [3.63, 3.8) is 0 Å². The Labute approximate surface area is 166 Å². The van der Waals surface area contributed by atoms with E-state index < -0.39 is 8.60 Å². The summed E-state index contributed by atoms with van der Waals surface area (Å²) in [7, 11) is -1.21. The predicted octanol–water partition coefficient (Wildman–Crippen LogP) is 8.56. The largest absolute Gasteiger partial charge is 0.333 e. The van der Waals surface area contributed by atoms with Crippen molar-refractivity contribution in [3.05, 3.63) is 0 Å². The Morgan fingerprint density at radius 3 is 1.23 bits per heavy atom. The highest BCUT2D eigenvalue weighted by atomic mass is 31.2. The molecule has 0 saturated carbocycles. The minimum Gasteiger partial charge on any atom is -0.312 e. The molecule has 0 N–H and O–H groups in total. The zero-order valence-corrected chi connectivity index (χ0v) is 19.4. The standard InChI is InChI=1S/C22H47O3P/c1-6-8-10-12-14-16-18-20-23-26(25-22(3,4)5)24-21-19-17-15-13-11-9-7-2/h6-21H2,1-5H3. The van der Waals surface area contributed by atoms with E-state index in [1.54, 1.807) is 0 Å². The van der Waals surface area contributed by atoms with E-state index in [2.05, 4.69) is 34.6 Å². The Morgan fingerprint density at radius 2 is 0.885 bits per heavy atom. The molecule has 0 bridgehead atoms. The van der Waals surface area contributed by atoms with Crippen LogP contribution in [0.1, 0.15) is 125 Å². The van der Waals surface area contributed by atoms with E-state index >= 15 is 0 Å². The molecular formula is C22H47O3P. The molecule has 0 atom stereocenters. The van der Waals surface area contributed by atoms with Gasteiger partial charge in [-0.3, -0.25) is 0 Å². The van der Waals surface area contributed by atoms with Crippen LogP contribution in [0, 0.1) is 0 Å². The van der Waals surface area contributed by atoms with Gasteiger partial charge in [0.15, 0.2) is 0 Å². The molecule has 0 rings (SSSR count). The summed E-state index contributed by atoms with van der Waals surface area (Å²) in [4.78, 5) is 0. The van der Waals surface area contributed by atoms with Gasteiger partial charge in [-0.2, -0.15) is 0 Å². The third-order valence-electron chi connectivity index (χ3n) is 4.24. The van der Waals surface area contributed by atoms with Crippen LogP contribution in [0.25, 0.3) is 0 Å². The Bertz CT molecular complexity index is 259. The molecule has 0 aromatic carbocycles. The summed E-state index contributed by atoms with van der Waals surface area (Å²) in [5.41, 5.74) is -0.216. The van der Waals surface area contributed by atoms with Crippen LogP contribution in [0.15, 0.2) is 0 Å². The fourth-order valence-electron chi connectivity index (χ4n) is 2.71. The van der Waals surface area contributed by atoms with Gasteiger partial charge < -0.3 is 13.6 Å². The molecule has 0 radical (unpaired) electrons. The minimum absolute atomic E-state index is 0.216. The van der Waals surface area contributed by atoms with Crippen LogP contribution in [0.3, 0.4) is 0 Å². The van der Waals surface area contributed by atoms with Crippen molar-refractivity contribution < 1.29 is 13.6 Å². The van der Waals surface area contributed by atoms with Crippen LogP contribution in [0.2, 0.25) is 0 Å². The van der Waals surface area contributed by atoms with Crippen LogP contribution < -0.4 is 0 Å². The lowest BCUT2D eigenvalue weighted by Crippen LogP contribution is -2.17. The van der Waals surface area contributed by atoms with Crippen LogP contribution in [-0.2, 0) is 13.6 Å². The molecule has 0 aliphatic heterocycles. The van der Waals surface area contributed by atoms with E-state index in [9.17, 15) is 0 Å². The molecular weight excluding hydrogens is 343 g/mol. The van der Waals surface area contributed by atoms with Gasteiger partial charge in [0.25, 0.3) is 0 Å². The summed E-state index contributed by atoms with van der Waals surface area (Å²) in [6.07, 6.45) is 18.2. The van der Waals surface area contributed by atoms with Gasteiger partial charge in [-0.25, -0.2) is 0 Å². The van der Waals surface area contributed by atoms with Crippen LogP contribution in [0.5, 0.6) is 0 Å². The second-order valence-electron chi connectivity index (χ2n) is 8.34. The highest BCUT2D eigenvalue weighted by Crippen LogP contribution is 2.44. The van der Waals surface area contributed by atoms with Crippen molar-refractivity contribution in [3.8, 4) is 0 Å². The van der Waals surface area contributed by atoms with Gasteiger partial charge in [0.05, 0.1) is 18.8 Å². The van der Waals surface area contributed by atoms with Gasteiger partial charge >= 0.3 is 8.60 Å². The summed E-state index contributed by atoms with van der Waals surface area (Å²) in [5, 5.41) is 0. The lowest BCUT2D eigenvalue weighted by Gasteiger charge is -2.25. The lowest BCUT2D eigenvalue weighted by atomic mass is 10.1. The second-order valence-corrected chi connectivity index (χ2v) is 9.48. The van der Waals surface area contributed by atoms with Gasteiger partial charge in [0.2, 0.25) is 0 Å². The van der Waals surface area contributed by atoms with Crippen molar-refractivity contribution in [2.45, 2.75) is 130 Å². The first-order valence-corrected chi connectivity index (χ1v) is 12.3. The van der Waals surface area contributed by atoms with E-state index in [1.165, 1.54) is 77.0 Å². The SMILES string of the molecule is CCCCCCCCCOP(OCCCCCCCCC)OC(C)(C)C. The smallest absolute Gasteiger partial charge is 0.312 e. The quantitative estimate of drug-likeness (QED) is 0.163. The summed E-state index contributed by atoms with van der Waals surface area (Å²) >= 11 is 0. The topological polar surface area (TPSA) is 27.7 Å². The van der Waals surface area contributed by atoms with Crippen molar-refractivity contribution >= 4 is 8.60 Å². The summed E-state index contributed by atoms with van der Waals surface area (Å²) in [6, 6.07) is 0. The van der Waals surface area contributed by atoms with Crippen molar-refractivity contribution in [1.82, 2.24) is 0 Å². The molecule has 0 aromatic rings. The molecule has 0 amide bonds. The summed E-state index contributed by atoms with van der Waals surface area (Å²) in [5.74, 6) is 0. The van der Waals surface area contributed by atoms with Gasteiger partial charge in [-0.15, -0.1) is 0 Å². The Morgan fingerprint density at radius 1 is 0.538 bits per heavy atom. The predicted molar refractivity (Wildman–Crippen MR) is 116 cm³/mol. The Kier molecular flexibility index (Phi) is 18.9. The summed E-state index contributed by atoms with van der Waals surface area (Å²) in [6.45, 7) is 12.2. The first kappa shape index (κ1) is 26.3. The Hall–Kier alpha value is 0.310. The average molecular weight is 391 g/mol. The molecule has 3 nitrogen and oxygen atoms in total. The third kappa shape index (κ3) is 20.6. The maximum Gasteiger partial charge on any atom is 0.333 e. The van der Waals surface area contributed by atoms with Crippen molar-refractivity contribution in [2.75, 3.05) is 13.2 Å². The Balaban J connectivity index is 3.74.